The molecule has 3 aromatic heterocycles. The molecular weight excluding hydrogens is 436 g/mol. The summed E-state index contributed by atoms with van der Waals surface area (Å²) in [5.41, 5.74) is 3.46. The maximum absolute atomic E-state index is 13.2. The van der Waals surface area contributed by atoms with Gasteiger partial charge in [0.15, 0.2) is 5.13 Å². The number of amides is 1. The van der Waals surface area contributed by atoms with E-state index < -0.39 is 5.97 Å². The number of nitrogens with one attached hydrogen (secondary N) is 1. The summed E-state index contributed by atoms with van der Waals surface area (Å²) in [7, 11) is 1.30. The van der Waals surface area contributed by atoms with Crippen LogP contribution in [0.25, 0.3) is 22.3 Å². The number of pyridine rings is 2. The second kappa shape index (κ2) is 8.41. The summed E-state index contributed by atoms with van der Waals surface area (Å²) in [6, 6.07) is 10.7. The van der Waals surface area contributed by atoms with Gasteiger partial charge in [0.05, 0.1) is 35.3 Å². The monoisotopic (exact) mass is 452 g/mol. The Labute approximate surface area is 187 Å². The fourth-order valence-corrected chi connectivity index (χ4v) is 4.17. The molecule has 0 radical (unpaired) electrons. The predicted octanol–water partition coefficient (Wildman–Crippen LogP) is 5.06. The molecule has 1 aromatic carbocycles. The molecular formula is C22H17ClN4O3S. The van der Waals surface area contributed by atoms with Crippen LogP contribution in [0.1, 0.15) is 31.3 Å². The van der Waals surface area contributed by atoms with Crippen LogP contribution in [-0.4, -0.2) is 33.9 Å². The van der Waals surface area contributed by atoms with E-state index >= 15 is 0 Å². The van der Waals surface area contributed by atoms with E-state index in [-0.39, 0.29) is 5.91 Å². The number of aryl methyl sites for hydroxylation is 2. The van der Waals surface area contributed by atoms with E-state index in [2.05, 4.69) is 15.3 Å². The fourth-order valence-electron chi connectivity index (χ4n) is 3.13. The van der Waals surface area contributed by atoms with Gasteiger partial charge in [-0.1, -0.05) is 35.1 Å². The molecule has 0 aliphatic rings. The van der Waals surface area contributed by atoms with Crippen LogP contribution in [0, 0.1) is 13.8 Å². The average Bonchev–Trinajstić information content (AvgIpc) is 3.15. The SMILES string of the molecule is COC(=O)c1sc(NC(=O)c2cc(-c3ccccn3)nc3c(C)c(Cl)ccc23)nc1C. The van der Waals surface area contributed by atoms with E-state index in [1.165, 1.54) is 7.11 Å². The van der Waals surface area contributed by atoms with Gasteiger partial charge in [0.1, 0.15) is 4.88 Å². The lowest BCUT2D eigenvalue weighted by Crippen LogP contribution is -2.13. The van der Waals surface area contributed by atoms with Crippen LogP contribution in [0.4, 0.5) is 5.13 Å². The van der Waals surface area contributed by atoms with E-state index in [4.69, 9.17) is 21.3 Å². The molecule has 1 amide bonds. The second-order valence-corrected chi connectivity index (χ2v) is 8.12. The molecule has 31 heavy (non-hydrogen) atoms. The normalized spacial score (nSPS) is 10.8. The van der Waals surface area contributed by atoms with Gasteiger partial charge in [-0.15, -0.1) is 0 Å². The van der Waals surface area contributed by atoms with Crippen LogP contribution in [0.3, 0.4) is 0 Å². The Hall–Kier alpha value is -3.36. The second-order valence-electron chi connectivity index (χ2n) is 6.72. The molecule has 156 valence electrons. The summed E-state index contributed by atoms with van der Waals surface area (Å²) in [5, 5.41) is 4.30. The number of carbonyl (C=O) groups excluding carboxylic acids is 2. The van der Waals surface area contributed by atoms with Crippen molar-refractivity contribution in [2.24, 2.45) is 0 Å². The highest BCUT2D eigenvalue weighted by Gasteiger charge is 2.20. The first-order valence-corrected chi connectivity index (χ1v) is 10.5. The maximum atomic E-state index is 13.2. The first-order chi connectivity index (χ1) is 14.9. The highest BCUT2D eigenvalue weighted by molar-refractivity contribution is 7.17. The minimum Gasteiger partial charge on any atom is -0.465 e. The van der Waals surface area contributed by atoms with Crippen molar-refractivity contribution in [1.29, 1.82) is 0 Å². The number of aromatic nitrogens is 3. The molecule has 0 bridgehead atoms. The Morgan fingerprint density at radius 3 is 2.61 bits per heavy atom. The molecule has 0 saturated carbocycles. The zero-order chi connectivity index (χ0) is 22.1. The van der Waals surface area contributed by atoms with Gasteiger partial charge < -0.3 is 4.74 Å². The van der Waals surface area contributed by atoms with Crippen LogP contribution in [0.15, 0.2) is 42.6 Å². The minimum absolute atomic E-state index is 0.304. The summed E-state index contributed by atoms with van der Waals surface area (Å²) < 4.78 is 4.76. The fraction of sp³-hybridized carbons (Fsp3) is 0.136. The summed E-state index contributed by atoms with van der Waals surface area (Å²) in [6.45, 7) is 3.54. The van der Waals surface area contributed by atoms with Crippen molar-refractivity contribution in [2.45, 2.75) is 13.8 Å². The predicted molar refractivity (Wildman–Crippen MR) is 121 cm³/mol. The number of rotatable bonds is 4. The Morgan fingerprint density at radius 2 is 1.90 bits per heavy atom. The molecule has 0 spiro atoms. The quantitative estimate of drug-likeness (QED) is 0.435. The lowest BCUT2D eigenvalue weighted by atomic mass is 10.0. The number of thiazole rings is 1. The number of carbonyl (C=O) groups is 2. The van der Waals surface area contributed by atoms with Crippen LogP contribution < -0.4 is 5.32 Å². The first-order valence-electron chi connectivity index (χ1n) is 9.27. The number of esters is 1. The number of halogens is 1. The molecule has 1 N–H and O–H groups in total. The third-order valence-corrected chi connectivity index (χ3v) is 6.19. The zero-order valence-corrected chi connectivity index (χ0v) is 18.5. The van der Waals surface area contributed by atoms with Crippen molar-refractivity contribution in [2.75, 3.05) is 12.4 Å². The van der Waals surface area contributed by atoms with Gasteiger partial charge in [-0.2, -0.15) is 0 Å². The van der Waals surface area contributed by atoms with Crippen LogP contribution >= 0.6 is 22.9 Å². The molecule has 0 atom stereocenters. The Balaban J connectivity index is 1.81. The van der Waals surface area contributed by atoms with E-state index in [9.17, 15) is 9.59 Å². The van der Waals surface area contributed by atoms with Crippen LogP contribution in [0.2, 0.25) is 5.02 Å². The topological polar surface area (TPSA) is 94.1 Å². The number of nitrogens with zero attached hydrogens (tertiary/aromatic N) is 3. The maximum Gasteiger partial charge on any atom is 0.350 e. The third-order valence-electron chi connectivity index (χ3n) is 4.73. The van der Waals surface area contributed by atoms with E-state index in [1.54, 1.807) is 31.3 Å². The number of benzene rings is 1. The lowest BCUT2D eigenvalue weighted by molar-refractivity contribution is 0.0605. The zero-order valence-electron chi connectivity index (χ0n) is 16.9. The van der Waals surface area contributed by atoms with E-state index in [0.717, 1.165) is 16.9 Å². The van der Waals surface area contributed by atoms with Gasteiger partial charge in [-0.3, -0.25) is 15.1 Å². The van der Waals surface area contributed by atoms with Gasteiger partial charge >= 0.3 is 5.97 Å². The van der Waals surface area contributed by atoms with Crippen molar-refractivity contribution in [1.82, 2.24) is 15.0 Å². The standard InChI is InChI=1S/C22H17ClN4O3S/c1-11-15(23)8-7-13-14(10-17(26-18(11)13)16-6-4-5-9-24-16)20(28)27-22-25-12(2)19(31-22)21(29)30-3/h4-10H,1-3H3,(H,25,27,28). The average molecular weight is 453 g/mol. The summed E-state index contributed by atoms with van der Waals surface area (Å²) in [6.07, 6.45) is 1.67. The van der Waals surface area contributed by atoms with Crippen molar-refractivity contribution >= 4 is 50.8 Å². The summed E-state index contributed by atoms with van der Waals surface area (Å²) >= 11 is 7.36. The van der Waals surface area contributed by atoms with Crippen molar-refractivity contribution < 1.29 is 14.3 Å². The molecule has 9 heteroatoms. The Kier molecular flexibility index (Phi) is 5.67. The smallest absolute Gasteiger partial charge is 0.350 e. The molecule has 4 rings (SSSR count). The molecule has 0 fully saturated rings. The number of hydrogen-bond acceptors (Lipinski definition) is 7. The van der Waals surface area contributed by atoms with Crippen LogP contribution in [0.5, 0.6) is 0 Å². The van der Waals surface area contributed by atoms with Gasteiger partial charge in [0, 0.05) is 16.6 Å². The number of fused-ring (bicyclic) bond motifs is 1. The molecule has 0 unspecified atom stereocenters. The molecule has 3 heterocycles. The number of methoxy groups -OCH3 is 1. The Bertz CT molecular complexity index is 1320. The van der Waals surface area contributed by atoms with Gasteiger partial charge in [0.2, 0.25) is 0 Å². The number of hydrogen-bond donors (Lipinski definition) is 1. The number of ether oxygens (including phenoxy) is 1. The highest BCUT2D eigenvalue weighted by Crippen LogP contribution is 2.31. The van der Waals surface area contributed by atoms with Gasteiger partial charge in [-0.25, -0.2) is 14.8 Å². The Morgan fingerprint density at radius 1 is 1.10 bits per heavy atom. The summed E-state index contributed by atoms with van der Waals surface area (Å²) in [5.74, 6) is -0.871. The van der Waals surface area contributed by atoms with Crippen molar-refractivity contribution in [3.05, 3.63) is 69.3 Å². The molecule has 0 aliphatic heterocycles. The molecule has 0 aliphatic carbocycles. The largest absolute Gasteiger partial charge is 0.465 e. The minimum atomic E-state index is -0.493. The first kappa shape index (κ1) is 20.9. The molecule has 7 nitrogen and oxygen atoms in total. The van der Waals surface area contributed by atoms with Crippen molar-refractivity contribution in [3.63, 3.8) is 0 Å². The number of anilines is 1. The molecule has 0 saturated heterocycles. The van der Waals surface area contributed by atoms with Gasteiger partial charge in [0.25, 0.3) is 5.91 Å². The van der Waals surface area contributed by atoms with Crippen LogP contribution in [-0.2, 0) is 4.74 Å². The van der Waals surface area contributed by atoms with E-state index in [0.29, 0.717) is 48.6 Å². The summed E-state index contributed by atoms with van der Waals surface area (Å²) in [4.78, 5) is 38.8. The third kappa shape index (κ3) is 3.99. The lowest BCUT2D eigenvalue weighted by Gasteiger charge is -2.11. The van der Waals surface area contributed by atoms with Gasteiger partial charge in [-0.05, 0) is 43.7 Å². The van der Waals surface area contributed by atoms with Crippen molar-refractivity contribution in [3.8, 4) is 11.4 Å². The molecule has 4 aromatic rings. The highest BCUT2D eigenvalue weighted by atomic mass is 35.5. The van der Waals surface area contributed by atoms with E-state index in [1.807, 2.05) is 25.1 Å².